The van der Waals surface area contributed by atoms with Crippen LogP contribution < -0.4 is 19.1 Å². The third kappa shape index (κ3) is 4.22. The highest BCUT2D eigenvalue weighted by molar-refractivity contribution is 7.14. The number of thiazole rings is 1. The van der Waals surface area contributed by atoms with Crippen LogP contribution in [0.1, 0.15) is 31.0 Å². The Morgan fingerprint density at radius 3 is 2.38 bits per heavy atom. The number of nitrogens with zero attached hydrogens (tertiary/aromatic N) is 2. The minimum Gasteiger partial charge on any atom is -0.507 e. The number of aliphatic hydroxyl groups is 1. The summed E-state index contributed by atoms with van der Waals surface area (Å²) in [5.41, 5.74) is 0.937. The van der Waals surface area contributed by atoms with Gasteiger partial charge in [0.05, 0.1) is 31.9 Å². The zero-order chi connectivity index (χ0) is 24.2. The van der Waals surface area contributed by atoms with Crippen LogP contribution in [0.4, 0.5) is 5.13 Å². The summed E-state index contributed by atoms with van der Waals surface area (Å²) in [6.45, 7) is 4.58. The van der Waals surface area contributed by atoms with Crippen LogP contribution in [-0.4, -0.2) is 42.1 Å². The topological polar surface area (TPSA) is 98.2 Å². The molecular weight excluding hydrogens is 456 g/mol. The zero-order valence-electron chi connectivity index (χ0n) is 19.0. The molecule has 2 heterocycles. The van der Waals surface area contributed by atoms with Crippen LogP contribution in [0.5, 0.6) is 17.2 Å². The molecule has 3 aromatic rings. The Kier molecular flexibility index (Phi) is 6.83. The molecule has 1 fully saturated rings. The van der Waals surface area contributed by atoms with E-state index in [9.17, 15) is 14.7 Å². The lowest BCUT2D eigenvalue weighted by Crippen LogP contribution is -2.29. The molecule has 1 N–H and O–H groups in total. The number of hydrogen-bond acceptors (Lipinski definition) is 8. The lowest BCUT2D eigenvalue weighted by molar-refractivity contribution is -0.132. The molecule has 0 saturated carbocycles. The first kappa shape index (κ1) is 23.3. The maximum absolute atomic E-state index is 13.2. The number of benzene rings is 2. The normalized spacial score (nSPS) is 17.1. The van der Waals surface area contributed by atoms with Crippen molar-refractivity contribution in [1.29, 1.82) is 0 Å². The SMILES string of the molecule is CCOc1ccc(C2C(=C(O)c3ccc(OC)cc3)C(=O)C(=O)N2c2nccs2)cc1OCC. The second-order valence-corrected chi connectivity index (χ2v) is 8.16. The quantitative estimate of drug-likeness (QED) is 0.286. The molecule has 1 amide bonds. The standard InChI is InChI=1S/C25H24N2O6S/c1-4-32-18-11-8-16(14-19(18)33-5-2)21-20(22(28)15-6-9-17(31-3)10-7-15)23(29)24(30)27(21)25-26-12-13-34-25/h6-14,21,28H,4-5H2,1-3H3. The molecule has 8 nitrogen and oxygen atoms in total. The Morgan fingerprint density at radius 1 is 1.06 bits per heavy atom. The van der Waals surface area contributed by atoms with Crippen LogP contribution >= 0.6 is 11.3 Å². The Balaban J connectivity index is 1.90. The molecule has 9 heteroatoms. The van der Waals surface area contributed by atoms with Crippen LogP contribution in [0, 0.1) is 0 Å². The Labute approximate surface area is 201 Å². The van der Waals surface area contributed by atoms with Gasteiger partial charge in [0.25, 0.3) is 5.78 Å². The molecule has 176 valence electrons. The minimum absolute atomic E-state index is 0.0306. The van der Waals surface area contributed by atoms with Crippen molar-refractivity contribution < 1.29 is 28.9 Å². The third-order valence-corrected chi connectivity index (χ3v) is 6.09. The predicted octanol–water partition coefficient (Wildman–Crippen LogP) is 4.58. The lowest BCUT2D eigenvalue weighted by atomic mass is 9.95. The van der Waals surface area contributed by atoms with Crippen LogP contribution in [0.15, 0.2) is 59.6 Å². The summed E-state index contributed by atoms with van der Waals surface area (Å²) in [5, 5.41) is 13.3. The molecule has 0 radical (unpaired) electrons. The van der Waals surface area contributed by atoms with E-state index in [-0.39, 0.29) is 11.3 Å². The van der Waals surface area contributed by atoms with Gasteiger partial charge >= 0.3 is 5.91 Å². The van der Waals surface area contributed by atoms with E-state index < -0.39 is 17.7 Å². The maximum Gasteiger partial charge on any atom is 0.301 e. The molecule has 1 atom stereocenters. The summed E-state index contributed by atoms with van der Waals surface area (Å²) in [6, 6.07) is 10.9. The van der Waals surface area contributed by atoms with E-state index in [4.69, 9.17) is 14.2 Å². The fourth-order valence-corrected chi connectivity index (χ4v) is 4.49. The first-order valence-corrected chi connectivity index (χ1v) is 11.6. The van der Waals surface area contributed by atoms with Crippen molar-refractivity contribution in [2.24, 2.45) is 0 Å². The highest BCUT2D eigenvalue weighted by Gasteiger charge is 2.48. The maximum atomic E-state index is 13.2. The van der Waals surface area contributed by atoms with Gasteiger partial charge in [-0.1, -0.05) is 6.07 Å². The number of aromatic nitrogens is 1. The number of amides is 1. The van der Waals surface area contributed by atoms with Gasteiger partial charge in [0.15, 0.2) is 16.6 Å². The van der Waals surface area contributed by atoms with E-state index in [2.05, 4.69) is 4.98 Å². The van der Waals surface area contributed by atoms with Gasteiger partial charge in [0, 0.05) is 17.1 Å². The monoisotopic (exact) mass is 480 g/mol. The summed E-state index contributed by atoms with van der Waals surface area (Å²) in [4.78, 5) is 31.9. The second-order valence-electron chi connectivity index (χ2n) is 7.28. The van der Waals surface area contributed by atoms with Gasteiger partial charge < -0.3 is 19.3 Å². The van der Waals surface area contributed by atoms with Gasteiger partial charge in [-0.2, -0.15) is 0 Å². The summed E-state index contributed by atoms with van der Waals surface area (Å²) in [5.74, 6) is -0.200. The molecule has 0 aliphatic carbocycles. The molecule has 1 aliphatic heterocycles. The van der Waals surface area contributed by atoms with E-state index in [1.165, 1.54) is 23.3 Å². The molecule has 1 aromatic heterocycles. The van der Waals surface area contributed by atoms with Crippen molar-refractivity contribution in [3.63, 3.8) is 0 Å². The minimum atomic E-state index is -0.900. The molecule has 0 spiro atoms. The van der Waals surface area contributed by atoms with Crippen LogP contribution in [0.3, 0.4) is 0 Å². The van der Waals surface area contributed by atoms with Crippen molar-refractivity contribution in [2.45, 2.75) is 19.9 Å². The number of anilines is 1. The molecule has 2 aromatic carbocycles. The van der Waals surface area contributed by atoms with Gasteiger partial charge in [-0.25, -0.2) is 4.98 Å². The summed E-state index contributed by atoms with van der Waals surface area (Å²) in [7, 11) is 1.54. The van der Waals surface area contributed by atoms with Gasteiger partial charge in [-0.05, 0) is 55.8 Å². The summed E-state index contributed by atoms with van der Waals surface area (Å²) in [6.07, 6.45) is 1.56. The molecule has 4 rings (SSSR count). The first-order chi connectivity index (χ1) is 16.5. The van der Waals surface area contributed by atoms with E-state index in [0.29, 0.717) is 46.7 Å². The number of carbonyl (C=O) groups is 2. The average molecular weight is 481 g/mol. The lowest BCUT2D eigenvalue weighted by Gasteiger charge is -2.24. The average Bonchev–Trinajstić information content (AvgIpc) is 3.47. The Morgan fingerprint density at radius 2 is 1.76 bits per heavy atom. The smallest absolute Gasteiger partial charge is 0.301 e. The van der Waals surface area contributed by atoms with Gasteiger partial charge in [0.2, 0.25) is 0 Å². The highest BCUT2D eigenvalue weighted by Crippen LogP contribution is 2.44. The highest BCUT2D eigenvalue weighted by atomic mass is 32.1. The third-order valence-electron chi connectivity index (χ3n) is 5.32. The molecule has 34 heavy (non-hydrogen) atoms. The van der Waals surface area contributed by atoms with Crippen molar-refractivity contribution in [3.8, 4) is 17.2 Å². The molecule has 1 saturated heterocycles. The van der Waals surface area contributed by atoms with Crippen molar-refractivity contribution in [2.75, 3.05) is 25.2 Å². The number of aliphatic hydroxyl groups excluding tert-OH is 1. The summed E-state index contributed by atoms with van der Waals surface area (Å²) >= 11 is 1.23. The second kappa shape index (κ2) is 9.96. The fourth-order valence-electron chi connectivity index (χ4n) is 3.82. The van der Waals surface area contributed by atoms with Crippen LogP contribution in [0.2, 0.25) is 0 Å². The number of methoxy groups -OCH3 is 1. The molecular formula is C25H24N2O6S. The van der Waals surface area contributed by atoms with Crippen molar-refractivity contribution in [1.82, 2.24) is 4.98 Å². The summed E-state index contributed by atoms with van der Waals surface area (Å²) < 4.78 is 16.6. The number of hydrogen-bond donors (Lipinski definition) is 1. The van der Waals surface area contributed by atoms with Crippen molar-refractivity contribution >= 4 is 33.9 Å². The van der Waals surface area contributed by atoms with Gasteiger partial charge in [-0.3, -0.25) is 14.5 Å². The first-order valence-electron chi connectivity index (χ1n) is 10.7. The van der Waals surface area contributed by atoms with Gasteiger partial charge in [-0.15, -0.1) is 11.3 Å². The molecule has 1 aliphatic rings. The van der Waals surface area contributed by atoms with Crippen LogP contribution in [-0.2, 0) is 9.59 Å². The molecule has 1 unspecified atom stereocenters. The van der Waals surface area contributed by atoms with E-state index >= 15 is 0 Å². The fraction of sp³-hybridized carbons (Fsp3) is 0.240. The van der Waals surface area contributed by atoms with Crippen LogP contribution in [0.25, 0.3) is 5.76 Å². The number of rotatable bonds is 8. The number of Topliss-reactive ketones (excluding diaryl/α,β-unsaturated/α-hetero) is 1. The number of ether oxygens (including phenoxy) is 3. The predicted molar refractivity (Wildman–Crippen MR) is 129 cm³/mol. The largest absolute Gasteiger partial charge is 0.507 e. The Bertz CT molecular complexity index is 1220. The number of ketones is 1. The number of carbonyl (C=O) groups excluding carboxylic acids is 2. The van der Waals surface area contributed by atoms with Gasteiger partial charge in [0.1, 0.15) is 11.5 Å². The molecule has 0 bridgehead atoms. The Hall–Kier alpha value is -3.85. The van der Waals surface area contributed by atoms with E-state index in [1.807, 2.05) is 13.8 Å². The van der Waals surface area contributed by atoms with E-state index in [0.717, 1.165) is 0 Å². The van der Waals surface area contributed by atoms with Crippen molar-refractivity contribution in [3.05, 3.63) is 70.7 Å². The zero-order valence-corrected chi connectivity index (χ0v) is 19.8. The van der Waals surface area contributed by atoms with E-state index in [1.54, 1.807) is 54.0 Å².